The van der Waals surface area contributed by atoms with Gasteiger partial charge in [0.1, 0.15) is 11.5 Å². The van der Waals surface area contributed by atoms with Crippen LogP contribution in [0.15, 0.2) is 12.1 Å². The maximum absolute atomic E-state index is 11.2. The van der Waals surface area contributed by atoms with Crippen molar-refractivity contribution < 1.29 is 4.79 Å². The number of H-pyrrole nitrogens is 1. The SMILES string of the molecule is CN1CCN(c2ccc3c(C(N)=O)[nH]nc3n2)CC1. The smallest absolute Gasteiger partial charge is 0.267 e. The lowest BCUT2D eigenvalue weighted by molar-refractivity contribution is 0.0997. The lowest BCUT2D eigenvalue weighted by Gasteiger charge is -2.33. The second-order valence-corrected chi connectivity index (χ2v) is 4.79. The van der Waals surface area contributed by atoms with Crippen LogP contribution >= 0.6 is 0 Å². The summed E-state index contributed by atoms with van der Waals surface area (Å²) >= 11 is 0. The molecule has 0 radical (unpaired) electrons. The van der Waals surface area contributed by atoms with Gasteiger partial charge in [0, 0.05) is 26.2 Å². The summed E-state index contributed by atoms with van der Waals surface area (Å²) in [6, 6.07) is 3.76. The molecule has 0 atom stereocenters. The number of hydrogen-bond donors (Lipinski definition) is 2. The van der Waals surface area contributed by atoms with Crippen LogP contribution in [0, 0.1) is 0 Å². The number of nitrogens with one attached hydrogen (secondary N) is 1. The van der Waals surface area contributed by atoms with Crippen LogP contribution in [0.3, 0.4) is 0 Å². The van der Waals surface area contributed by atoms with Crippen LogP contribution in [0.1, 0.15) is 10.5 Å². The van der Waals surface area contributed by atoms with Crippen LogP contribution < -0.4 is 10.6 Å². The topological polar surface area (TPSA) is 91.1 Å². The maximum Gasteiger partial charge on any atom is 0.267 e. The minimum Gasteiger partial charge on any atom is -0.364 e. The summed E-state index contributed by atoms with van der Waals surface area (Å²) in [4.78, 5) is 20.2. The normalized spacial score (nSPS) is 17.0. The van der Waals surface area contributed by atoms with E-state index in [0.717, 1.165) is 32.0 Å². The van der Waals surface area contributed by atoms with E-state index in [1.165, 1.54) is 0 Å². The van der Waals surface area contributed by atoms with Gasteiger partial charge in [-0.15, -0.1) is 0 Å². The minimum atomic E-state index is -0.517. The van der Waals surface area contributed by atoms with Crippen LogP contribution in [-0.2, 0) is 0 Å². The second-order valence-electron chi connectivity index (χ2n) is 4.79. The molecule has 100 valence electrons. The quantitative estimate of drug-likeness (QED) is 0.781. The molecule has 2 aromatic heterocycles. The number of primary amides is 1. The van der Waals surface area contributed by atoms with Gasteiger partial charge in [-0.05, 0) is 19.2 Å². The molecule has 0 aromatic carbocycles. The molecule has 7 nitrogen and oxygen atoms in total. The number of aromatic nitrogens is 3. The number of carbonyl (C=O) groups excluding carboxylic acids is 1. The third-order valence-electron chi connectivity index (χ3n) is 3.48. The molecule has 19 heavy (non-hydrogen) atoms. The minimum absolute atomic E-state index is 0.312. The van der Waals surface area contributed by atoms with E-state index in [-0.39, 0.29) is 0 Å². The number of nitrogens with zero attached hydrogens (tertiary/aromatic N) is 4. The van der Waals surface area contributed by atoms with E-state index in [0.29, 0.717) is 16.7 Å². The number of aromatic amines is 1. The highest BCUT2D eigenvalue weighted by molar-refractivity contribution is 6.03. The van der Waals surface area contributed by atoms with E-state index in [2.05, 4.69) is 32.0 Å². The Hall–Kier alpha value is -2.15. The van der Waals surface area contributed by atoms with Gasteiger partial charge in [0.2, 0.25) is 0 Å². The summed E-state index contributed by atoms with van der Waals surface area (Å²) < 4.78 is 0. The van der Waals surface area contributed by atoms with E-state index in [1.807, 2.05) is 12.1 Å². The zero-order chi connectivity index (χ0) is 13.4. The van der Waals surface area contributed by atoms with Crippen LogP contribution in [0.4, 0.5) is 5.82 Å². The molecule has 0 aliphatic carbocycles. The molecular weight excluding hydrogens is 244 g/mol. The number of hydrogen-bond acceptors (Lipinski definition) is 5. The molecule has 1 amide bonds. The van der Waals surface area contributed by atoms with Crippen molar-refractivity contribution >= 4 is 22.8 Å². The molecular formula is C12H16N6O. The zero-order valence-corrected chi connectivity index (χ0v) is 10.8. The van der Waals surface area contributed by atoms with E-state index in [9.17, 15) is 4.79 Å². The summed E-state index contributed by atoms with van der Waals surface area (Å²) in [5.41, 5.74) is 6.11. The number of amides is 1. The number of anilines is 1. The zero-order valence-electron chi connectivity index (χ0n) is 10.8. The standard InChI is InChI=1S/C12H16N6O/c1-17-4-6-18(7-5-17)9-3-2-8-10(11(13)19)15-16-12(8)14-9/h2-3H,4-7H2,1H3,(H2,13,19)(H,14,15,16). The van der Waals surface area contributed by atoms with Crippen molar-refractivity contribution in [1.29, 1.82) is 0 Å². The number of carbonyl (C=O) groups is 1. The molecule has 3 rings (SSSR count). The highest BCUT2D eigenvalue weighted by Gasteiger charge is 2.17. The fraction of sp³-hybridized carbons (Fsp3) is 0.417. The Bertz CT molecular complexity index is 614. The van der Waals surface area contributed by atoms with Gasteiger partial charge < -0.3 is 15.5 Å². The number of pyridine rings is 1. The molecule has 0 saturated carbocycles. The first-order chi connectivity index (χ1) is 9.15. The molecule has 7 heteroatoms. The number of fused-ring (bicyclic) bond motifs is 1. The maximum atomic E-state index is 11.2. The first kappa shape index (κ1) is 11.9. The number of likely N-dealkylation sites (N-methyl/N-ethyl adjacent to an activating group) is 1. The highest BCUT2D eigenvalue weighted by Crippen LogP contribution is 2.19. The molecule has 0 spiro atoms. The van der Waals surface area contributed by atoms with Crippen LogP contribution in [0.2, 0.25) is 0 Å². The number of nitrogens with two attached hydrogens (primary N) is 1. The summed E-state index contributed by atoms with van der Waals surface area (Å²) in [6.45, 7) is 3.93. The van der Waals surface area contributed by atoms with E-state index >= 15 is 0 Å². The molecule has 1 fully saturated rings. The Morgan fingerprint density at radius 2 is 2.05 bits per heavy atom. The van der Waals surface area contributed by atoms with E-state index in [4.69, 9.17) is 5.73 Å². The molecule has 0 unspecified atom stereocenters. The Morgan fingerprint density at radius 3 is 2.74 bits per heavy atom. The third-order valence-corrected chi connectivity index (χ3v) is 3.48. The van der Waals surface area contributed by atoms with Crippen molar-refractivity contribution in [2.45, 2.75) is 0 Å². The van der Waals surface area contributed by atoms with E-state index in [1.54, 1.807) is 0 Å². The Morgan fingerprint density at radius 1 is 1.32 bits per heavy atom. The summed E-state index contributed by atoms with van der Waals surface area (Å²) in [7, 11) is 2.11. The van der Waals surface area contributed by atoms with Gasteiger partial charge in [-0.25, -0.2) is 4.98 Å². The van der Waals surface area contributed by atoms with Crippen molar-refractivity contribution in [3.63, 3.8) is 0 Å². The predicted octanol–water partition coefficient (Wildman–Crippen LogP) is -0.191. The Balaban J connectivity index is 1.92. The van der Waals surface area contributed by atoms with Gasteiger partial charge >= 0.3 is 0 Å². The molecule has 1 saturated heterocycles. The Labute approximate surface area is 110 Å². The van der Waals surface area contributed by atoms with Gasteiger partial charge in [0.05, 0.1) is 5.39 Å². The molecule has 3 N–H and O–H groups in total. The van der Waals surface area contributed by atoms with Crippen LogP contribution in [0.25, 0.3) is 11.0 Å². The second kappa shape index (κ2) is 4.51. The first-order valence-electron chi connectivity index (χ1n) is 6.23. The number of piperazine rings is 1. The summed E-state index contributed by atoms with van der Waals surface area (Å²) in [6.07, 6.45) is 0. The number of rotatable bonds is 2. The van der Waals surface area contributed by atoms with Crippen molar-refractivity contribution in [1.82, 2.24) is 20.1 Å². The average Bonchev–Trinajstić information content (AvgIpc) is 2.82. The molecule has 2 aromatic rings. The lowest BCUT2D eigenvalue weighted by Crippen LogP contribution is -2.44. The fourth-order valence-corrected chi connectivity index (χ4v) is 2.29. The average molecular weight is 260 g/mol. The van der Waals surface area contributed by atoms with Gasteiger partial charge in [-0.1, -0.05) is 0 Å². The van der Waals surface area contributed by atoms with Crippen molar-refractivity contribution in [3.05, 3.63) is 17.8 Å². The fourth-order valence-electron chi connectivity index (χ4n) is 2.29. The van der Waals surface area contributed by atoms with Gasteiger partial charge in [0.15, 0.2) is 5.65 Å². The van der Waals surface area contributed by atoms with Gasteiger partial charge in [-0.2, -0.15) is 5.10 Å². The first-order valence-corrected chi connectivity index (χ1v) is 6.23. The van der Waals surface area contributed by atoms with Crippen LogP contribution in [-0.4, -0.2) is 59.2 Å². The largest absolute Gasteiger partial charge is 0.364 e. The van der Waals surface area contributed by atoms with E-state index < -0.39 is 5.91 Å². The predicted molar refractivity (Wildman–Crippen MR) is 72.1 cm³/mol. The van der Waals surface area contributed by atoms with Crippen LogP contribution in [0.5, 0.6) is 0 Å². The summed E-state index contributed by atoms with van der Waals surface area (Å²) in [5.74, 6) is 0.375. The molecule has 1 aliphatic rings. The molecule has 0 bridgehead atoms. The monoisotopic (exact) mass is 260 g/mol. The lowest BCUT2D eigenvalue weighted by atomic mass is 10.2. The highest BCUT2D eigenvalue weighted by atomic mass is 16.1. The summed E-state index contributed by atoms with van der Waals surface area (Å²) in [5, 5.41) is 7.34. The third kappa shape index (κ3) is 2.12. The van der Waals surface area contributed by atoms with Gasteiger partial charge in [-0.3, -0.25) is 9.89 Å². The van der Waals surface area contributed by atoms with Gasteiger partial charge in [0.25, 0.3) is 5.91 Å². The Kier molecular flexibility index (Phi) is 2.83. The van der Waals surface area contributed by atoms with Crippen molar-refractivity contribution in [3.8, 4) is 0 Å². The molecule has 3 heterocycles. The van der Waals surface area contributed by atoms with Crippen molar-refractivity contribution in [2.75, 3.05) is 38.1 Å². The molecule has 1 aliphatic heterocycles. The van der Waals surface area contributed by atoms with Crippen molar-refractivity contribution in [2.24, 2.45) is 5.73 Å².